The number of nitrogens with one attached hydrogen (secondary N) is 1. The first-order chi connectivity index (χ1) is 5.92. The fourth-order valence-electron chi connectivity index (χ4n) is 1.76. The molecule has 2 atom stereocenters. The predicted molar refractivity (Wildman–Crippen MR) is 44.9 cm³/mol. The van der Waals surface area contributed by atoms with E-state index in [0.717, 1.165) is 18.8 Å². The molecule has 2 N–H and O–H groups in total. The molecule has 0 amide bonds. The van der Waals surface area contributed by atoms with Crippen LogP contribution < -0.4 is 5.32 Å². The average Bonchev–Trinajstić information content (AvgIpc) is 2.74. The number of furan rings is 1. The Labute approximate surface area is 71.4 Å². The van der Waals surface area contributed by atoms with Crippen LogP contribution >= 0.6 is 0 Å². The van der Waals surface area contributed by atoms with E-state index in [-0.39, 0.29) is 6.61 Å². The Bertz CT molecular complexity index is 233. The first-order valence-corrected chi connectivity index (χ1v) is 4.27. The summed E-state index contributed by atoms with van der Waals surface area (Å²) in [6.45, 7) is 2.04. The second kappa shape index (κ2) is 3.29. The third-order valence-electron chi connectivity index (χ3n) is 2.48. The van der Waals surface area contributed by atoms with Gasteiger partial charge in [0, 0.05) is 31.5 Å². The minimum absolute atomic E-state index is 0.234. The zero-order valence-corrected chi connectivity index (χ0v) is 6.86. The van der Waals surface area contributed by atoms with Crippen molar-refractivity contribution in [3.63, 3.8) is 0 Å². The molecule has 1 aliphatic heterocycles. The SMILES string of the molecule is OC[C@@H]1CNC[C@@H]1c1ccco1. The van der Waals surface area contributed by atoms with Crippen molar-refractivity contribution in [1.29, 1.82) is 0 Å². The van der Waals surface area contributed by atoms with Gasteiger partial charge >= 0.3 is 0 Å². The molecule has 0 saturated carbocycles. The summed E-state index contributed by atoms with van der Waals surface area (Å²) in [5.74, 6) is 1.65. The van der Waals surface area contributed by atoms with Crippen molar-refractivity contribution in [2.75, 3.05) is 19.7 Å². The monoisotopic (exact) mass is 167 g/mol. The van der Waals surface area contributed by atoms with Crippen LogP contribution in [-0.4, -0.2) is 24.8 Å². The van der Waals surface area contributed by atoms with Gasteiger partial charge in [0.25, 0.3) is 0 Å². The first kappa shape index (κ1) is 7.83. The minimum Gasteiger partial charge on any atom is -0.469 e. The van der Waals surface area contributed by atoms with Crippen LogP contribution in [0.15, 0.2) is 22.8 Å². The van der Waals surface area contributed by atoms with Gasteiger partial charge in [0.1, 0.15) is 5.76 Å². The van der Waals surface area contributed by atoms with E-state index in [1.54, 1.807) is 6.26 Å². The highest BCUT2D eigenvalue weighted by molar-refractivity contribution is 5.10. The van der Waals surface area contributed by atoms with E-state index in [2.05, 4.69) is 5.32 Å². The third kappa shape index (κ3) is 1.26. The Morgan fingerprint density at radius 2 is 2.50 bits per heavy atom. The van der Waals surface area contributed by atoms with E-state index >= 15 is 0 Å². The Balaban J connectivity index is 2.13. The van der Waals surface area contributed by atoms with Gasteiger partial charge in [-0.2, -0.15) is 0 Å². The van der Waals surface area contributed by atoms with Gasteiger partial charge in [-0.1, -0.05) is 0 Å². The van der Waals surface area contributed by atoms with Gasteiger partial charge in [-0.25, -0.2) is 0 Å². The molecule has 2 heterocycles. The fourth-order valence-corrected chi connectivity index (χ4v) is 1.76. The highest BCUT2D eigenvalue weighted by Crippen LogP contribution is 2.27. The van der Waals surface area contributed by atoms with E-state index in [4.69, 9.17) is 9.52 Å². The zero-order chi connectivity index (χ0) is 8.39. The van der Waals surface area contributed by atoms with Crippen molar-refractivity contribution in [3.05, 3.63) is 24.2 Å². The Kier molecular flexibility index (Phi) is 2.15. The van der Waals surface area contributed by atoms with E-state index < -0.39 is 0 Å². The van der Waals surface area contributed by atoms with Gasteiger partial charge < -0.3 is 14.8 Å². The molecule has 0 aromatic carbocycles. The van der Waals surface area contributed by atoms with Crippen molar-refractivity contribution in [1.82, 2.24) is 5.32 Å². The van der Waals surface area contributed by atoms with E-state index in [0.29, 0.717) is 11.8 Å². The van der Waals surface area contributed by atoms with E-state index in [9.17, 15) is 0 Å². The molecule has 0 bridgehead atoms. The van der Waals surface area contributed by atoms with Crippen LogP contribution in [0.2, 0.25) is 0 Å². The number of aliphatic hydroxyl groups excluding tert-OH is 1. The summed E-state index contributed by atoms with van der Waals surface area (Å²) in [4.78, 5) is 0. The quantitative estimate of drug-likeness (QED) is 0.677. The Morgan fingerprint density at radius 3 is 3.17 bits per heavy atom. The molecule has 0 radical (unpaired) electrons. The van der Waals surface area contributed by atoms with E-state index in [1.807, 2.05) is 12.1 Å². The molecular weight excluding hydrogens is 154 g/mol. The molecule has 12 heavy (non-hydrogen) atoms. The lowest BCUT2D eigenvalue weighted by Crippen LogP contribution is -2.14. The minimum atomic E-state index is 0.234. The molecule has 1 aromatic heterocycles. The molecule has 2 rings (SSSR count). The summed E-state index contributed by atoms with van der Waals surface area (Å²) in [6, 6.07) is 3.86. The van der Waals surface area contributed by atoms with E-state index in [1.165, 1.54) is 0 Å². The zero-order valence-electron chi connectivity index (χ0n) is 6.86. The molecule has 1 aliphatic rings. The van der Waals surface area contributed by atoms with Crippen LogP contribution in [0.3, 0.4) is 0 Å². The van der Waals surface area contributed by atoms with Gasteiger partial charge in [0.15, 0.2) is 0 Å². The Hall–Kier alpha value is -0.800. The highest BCUT2D eigenvalue weighted by atomic mass is 16.3. The molecule has 1 fully saturated rings. The van der Waals surface area contributed by atoms with Crippen LogP contribution in [0, 0.1) is 5.92 Å². The van der Waals surface area contributed by atoms with Crippen molar-refractivity contribution in [2.45, 2.75) is 5.92 Å². The summed E-state index contributed by atoms with van der Waals surface area (Å²) in [5.41, 5.74) is 0. The van der Waals surface area contributed by atoms with Gasteiger partial charge in [0.05, 0.1) is 6.26 Å². The first-order valence-electron chi connectivity index (χ1n) is 4.27. The van der Waals surface area contributed by atoms with Crippen LogP contribution in [-0.2, 0) is 0 Å². The second-order valence-corrected chi connectivity index (χ2v) is 3.22. The lowest BCUT2D eigenvalue weighted by atomic mass is 9.95. The molecule has 0 spiro atoms. The fraction of sp³-hybridized carbons (Fsp3) is 0.556. The number of hydrogen-bond acceptors (Lipinski definition) is 3. The van der Waals surface area contributed by atoms with Crippen molar-refractivity contribution >= 4 is 0 Å². The largest absolute Gasteiger partial charge is 0.469 e. The third-order valence-corrected chi connectivity index (χ3v) is 2.48. The highest BCUT2D eigenvalue weighted by Gasteiger charge is 2.29. The summed E-state index contributed by atoms with van der Waals surface area (Å²) < 4.78 is 5.30. The topological polar surface area (TPSA) is 45.4 Å². The summed E-state index contributed by atoms with van der Waals surface area (Å²) in [6.07, 6.45) is 1.68. The van der Waals surface area contributed by atoms with Gasteiger partial charge in [0.2, 0.25) is 0 Å². The molecule has 3 heteroatoms. The molecule has 0 aliphatic carbocycles. The lowest BCUT2D eigenvalue weighted by molar-refractivity contribution is 0.218. The van der Waals surface area contributed by atoms with Crippen LogP contribution in [0.25, 0.3) is 0 Å². The summed E-state index contributed by atoms with van der Waals surface area (Å²) >= 11 is 0. The summed E-state index contributed by atoms with van der Waals surface area (Å²) in [5, 5.41) is 12.3. The van der Waals surface area contributed by atoms with Crippen molar-refractivity contribution in [2.24, 2.45) is 5.92 Å². The van der Waals surface area contributed by atoms with Gasteiger partial charge in [-0.3, -0.25) is 0 Å². The van der Waals surface area contributed by atoms with Crippen LogP contribution in [0.4, 0.5) is 0 Å². The van der Waals surface area contributed by atoms with Gasteiger partial charge in [-0.05, 0) is 12.1 Å². The number of hydrogen-bond donors (Lipinski definition) is 2. The molecule has 1 saturated heterocycles. The van der Waals surface area contributed by atoms with Crippen molar-refractivity contribution in [3.8, 4) is 0 Å². The predicted octanol–water partition coefficient (Wildman–Crippen LogP) is 0.575. The molecular formula is C9H13NO2. The van der Waals surface area contributed by atoms with Crippen molar-refractivity contribution < 1.29 is 9.52 Å². The number of aliphatic hydroxyl groups is 1. The molecule has 0 unspecified atom stereocenters. The molecule has 66 valence electrons. The van der Waals surface area contributed by atoms with Gasteiger partial charge in [-0.15, -0.1) is 0 Å². The van der Waals surface area contributed by atoms with Crippen LogP contribution in [0.1, 0.15) is 11.7 Å². The maximum atomic E-state index is 9.05. The normalized spacial score (nSPS) is 29.4. The standard InChI is InChI=1S/C9H13NO2/c11-6-7-4-10-5-8(7)9-2-1-3-12-9/h1-3,7-8,10-11H,4-6H2/t7-,8-/m0/s1. The molecule has 1 aromatic rings. The number of rotatable bonds is 2. The lowest BCUT2D eigenvalue weighted by Gasteiger charge is -2.12. The molecule has 3 nitrogen and oxygen atoms in total. The Morgan fingerprint density at radius 1 is 1.58 bits per heavy atom. The average molecular weight is 167 g/mol. The summed E-state index contributed by atoms with van der Waals surface area (Å²) in [7, 11) is 0. The second-order valence-electron chi connectivity index (χ2n) is 3.22. The maximum Gasteiger partial charge on any atom is 0.108 e. The van der Waals surface area contributed by atoms with Crippen LogP contribution in [0.5, 0.6) is 0 Å². The smallest absolute Gasteiger partial charge is 0.108 e. The maximum absolute atomic E-state index is 9.05.